The molecule has 2 rings (SSSR count). The first-order chi connectivity index (χ1) is 7.99. The lowest BCUT2D eigenvalue weighted by atomic mass is 10.2. The smallest absolute Gasteiger partial charge is 0.360 e. The van der Waals surface area contributed by atoms with E-state index in [1.165, 1.54) is 23.2 Å². The van der Waals surface area contributed by atoms with Crippen molar-refractivity contribution < 1.29 is 19.1 Å². The van der Waals surface area contributed by atoms with E-state index in [0.717, 1.165) is 0 Å². The molecule has 1 aliphatic heterocycles. The van der Waals surface area contributed by atoms with E-state index >= 15 is 0 Å². The fraction of sp³-hybridized carbons (Fsp3) is 0.182. The van der Waals surface area contributed by atoms with Crippen LogP contribution in [0.3, 0.4) is 0 Å². The molecule has 0 saturated carbocycles. The van der Waals surface area contributed by atoms with Crippen molar-refractivity contribution >= 4 is 23.2 Å². The number of halogens is 1. The Labute approximate surface area is 96.2 Å². The van der Waals surface area contributed by atoms with Gasteiger partial charge in [-0.25, -0.2) is 9.18 Å². The molecule has 0 aromatic heterocycles. The third-order valence-corrected chi connectivity index (χ3v) is 2.42. The van der Waals surface area contributed by atoms with Gasteiger partial charge in [-0.05, 0) is 30.7 Å². The molecule has 0 bridgehead atoms. The van der Waals surface area contributed by atoms with E-state index in [-0.39, 0.29) is 12.4 Å². The zero-order chi connectivity index (χ0) is 12.6. The van der Waals surface area contributed by atoms with Gasteiger partial charge in [0.2, 0.25) is 11.5 Å². The van der Waals surface area contributed by atoms with E-state index in [0.29, 0.717) is 11.3 Å². The molecular weight excluding hydrogens is 227 g/mol. The minimum Gasteiger partial charge on any atom is -0.476 e. The van der Waals surface area contributed by atoms with E-state index in [2.05, 4.69) is 5.10 Å². The molecule has 0 saturated heterocycles. The predicted octanol–water partition coefficient (Wildman–Crippen LogP) is 0.964. The number of hydrazone groups is 1. The Balaban J connectivity index is 2.37. The van der Waals surface area contributed by atoms with Crippen LogP contribution in [0, 0.1) is 12.7 Å². The number of carbonyl (C=O) groups excluding carboxylic acids is 1. The van der Waals surface area contributed by atoms with Crippen LogP contribution in [0.25, 0.3) is 0 Å². The summed E-state index contributed by atoms with van der Waals surface area (Å²) in [6.07, 6.45) is 0. The molecule has 1 aliphatic rings. The maximum Gasteiger partial charge on any atom is 0.360 e. The van der Waals surface area contributed by atoms with Crippen LogP contribution in [0.15, 0.2) is 23.3 Å². The van der Waals surface area contributed by atoms with E-state index < -0.39 is 17.5 Å². The predicted molar refractivity (Wildman–Crippen MR) is 58.6 cm³/mol. The Bertz CT molecular complexity index is 540. The van der Waals surface area contributed by atoms with Gasteiger partial charge in [0.15, 0.2) is 0 Å². The average molecular weight is 236 g/mol. The highest BCUT2D eigenvalue weighted by Gasteiger charge is 2.30. The van der Waals surface area contributed by atoms with E-state index in [1.54, 1.807) is 6.92 Å². The summed E-state index contributed by atoms with van der Waals surface area (Å²) in [7, 11) is 0. The second kappa shape index (κ2) is 3.97. The summed E-state index contributed by atoms with van der Waals surface area (Å²) >= 11 is 0. The first-order valence-electron chi connectivity index (χ1n) is 4.88. The number of Topliss-reactive ketones (excluding diaryl/α,β-unsaturated/α-hetero) is 1. The van der Waals surface area contributed by atoms with Crippen LogP contribution in [0.5, 0.6) is 0 Å². The minimum atomic E-state index is -1.35. The van der Waals surface area contributed by atoms with Gasteiger partial charge in [-0.2, -0.15) is 5.10 Å². The average Bonchev–Trinajstić information content (AvgIpc) is 2.60. The van der Waals surface area contributed by atoms with Crippen LogP contribution in [-0.4, -0.2) is 29.1 Å². The highest BCUT2D eigenvalue weighted by atomic mass is 19.1. The summed E-state index contributed by atoms with van der Waals surface area (Å²) in [5.41, 5.74) is 0.623. The number of hydrogen-bond acceptors (Lipinski definition) is 4. The highest BCUT2D eigenvalue weighted by Crippen LogP contribution is 2.23. The molecule has 17 heavy (non-hydrogen) atoms. The molecule has 0 aliphatic carbocycles. The molecule has 1 N–H and O–H groups in total. The summed E-state index contributed by atoms with van der Waals surface area (Å²) in [5, 5.41) is 13.7. The summed E-state index contributed by atoms with van der Waals surface area (Å²) < 4.78 is 12.9. The number of rotatable bonds is 2. The summed E-state index contributed by atoms with van der Waals surface area (Å²) in [6, 6.07) is 4.00. The standard InChI is InChI=1S/C11H9FN2O3/c1-6-4-7(12)2-3-8(6)14-5-9(15)10(13-14)11(16)17/h2-4H,5H2,1H3,(H,16,17). The molecule has 88 valence electrons. The molecule has 1 aromatic carbocycles. The van der Waals surface area contributed by atoms with Crippen LogP contribution in [-0.2, 0) is 9.59 Å². The van der Waals surface area contributed by atoms with Gasteiger partial charge in [-0.1, -0.05) is 0 Å². The maximum absolute atomic E-state index is 12.9. The van der Waals surface area contributed by atoms with E-state index in [4.69, 9.17) is 5.11 Å². The van der Waals surface area contributed by atoms with Crippen molar-refractivity contribution in [3.8, 4) is 0 Å². The minimum absolute atomic E-state index is 0.131. The largest absolute Gasteiger partial charge is 0.476 e. The Kier molecular flexibility index (Phi) is 2.63. The summed E-state index contributed by atoms with van der Waals surface area (Å²) in [5.74, 6) is -2.29. The first kappa shape index (κ1) is 11.3. The lowest BCUT2D eigenvalue weighted by molar-refractivity contribution is -0.130. The number of carboxylic acids is 1. The second-order valence-electron chi connectivity index (χ2n) is 3.67. The number of carbonyl (C=O) groups is 2. The number of ketones is 1. The fourth-order valence-electron chi connectivity index (χ4n) is 1.63. The number of anilines is 1. The number of nitrogens with zero attached hydrogens (tertiary/aromatic N) is 2. The number of aryl methyl sites for hydroxylation is 1. The molecule has 1 heterocycles. The number of benzene rings is 1. The molecule has 0 unspecified atom stereocenters. The second-order valence-corrected chi connectivity index (χ2v) is 3.67. The van der Waals surface area contributed by atoms with Gasteiger partial charge < -0.3 is 5.11 Å². The van der Waals surface area contributed by atoms with Gasteiger partial charge in [0, 0.05) is 0 Å². The van der Waals surface area contributed by atoms with E-state index in [9.17, 15) is 14.0 Å². The van der Waals surface area contributed by atoms with Crippen molar-refractivity contribution in [2.75, 3.05) is 11.6 Å². The van der Waals surface area contributed by atoms with Crippen LogP contribution in [0.1, 0.15) is 5.56 Å². The molecule has 6 heteroatoms. The van der Waals surface area contributed by atoms with Crippen molar-refractivity contribution in [1.29, 1.82) is 0 Å². The molecule has 0 spiro atoms. The van der Waals surface area contributed by atoms with Crippen molar-refractivity contribution in [3.63, 3.8) is 0 Å². The summed E-state index contributed by atoms with van der Waals surface area (Å²) in [6.45, 7) is 1.53. The topological polar surface area (TPSA) is 70.0 Å². The van der Waals surface area contributed by atoms with Crippen molar-refractivity contribution in [2.24, 2.45) is 5.10 Å². The van der Waals surface area contributed by atoms with Gasteiger partial charge in [0.05, 0.1) is 5.69 Å². The maximum atomic E-state index is 12.9. The Hall–Kier alpha value is -2.24. The quantitative estimate of drug-likeness (QED) is 0.830. The van der Waals surface area contributed by atoms with Gasteiger partial charge in [-0.3, -0.25) is 9.80 Å². The van der Waals surface area contributed by atoms with Crippen molar-refractivity contribution in [1.82, 2.24) is 0 Å². The van der Waals surface area contributed by atoms with E-state index in [1.807, 2.05) is 0 Å². The Morgan fingerprint density at radius 2 is 2.24 bits per heavy atom. The van der Waals surface area contributed by atoms with Gasteiger partial charge in [0.25, 0.3) is 0 Å². The van der Waals surface area contributed by atoms with Crippen molar-refractivity contribution in [2.45, 2.75) is 6.92 Å². The van der Waals surface area contributed by atoms with Crippen LogP contribution in [0.4, 0.5) is 10.1 Å². The molecule has 0 radical (unpaired) electrons. The Morgan fingerprint density at radius 3 is 2.76 bits per heavy atom. The fourth-order valence-corrected chi connectivity index (χ4v) is 1.63. The Morgan fingerprint density at radius 1 is 1.53 bits per heavy atom. The monoisotopic (exact) mass is 236 g/mol. The number of aliphatic carboxylic acids is 1. The molecular formula is C11H9FN2O3. The first-order valence-corrected chi connectivity index (χ1v) is 4.88. The molecule has 0 amide bonds. The van der Waals surface area contributed by atoms with Crippen LogP contribution >= 0.6 is 0 Å². The zero-order valence-electron chi connectivity index (χ0n) is 8.98. The summed E-state index contributed by atoms with van der Waals surface area (Å²) in [4.78, 5) is 22.0. The van der Waals surface area contributed by atoms with Gasteiger partial charge in [0.1, 0.15) is 12.4 Å². The van der Waals surface area contributed by atoms with Gasteiger partial charge in [-0.15, -0.1) is 0 Å². The van der Waals surface area contributed by atoms with Crippen LogP contribution < -0.4 is 5.01 Å². The van der Waals surface area contributed by atoms with Crippen LogP contribution in [0.2, 0.25) is 0 Å². The number of carboxylic acid groups (broad SMARTS) is 1. The third-order valence-electron chi connectivity index (χ3n) is 2.42. The lowest BCUT2D eigenvalue weighted by Crippen LogP contribution is -2.23. The SMILES string of the molecule is Cc1cc(F)ccc1N1CC(=O)C(C(=O)O)=N1. The zero-order valence-corrected chi connectivity index (χ0v) is 8.98. The highest BCUT2D eigenvalue weighted by molar-refractivity contribution is 6.65. The number of hydrogen-bond donors (Lipinski definition) is 1. The molecule has 0 atom stereocenters. The third kappa shape index (κ3) is 2.01. The molecule has 1 aromatic rings. The lowest BCUT2D eigenvalue weighted by Gasteiger charge is -2.15. The molecule has 5 nitrogen and oxygen atoms in total. The van der Waals surface area contributed by atoms with Gasteiger partial charge >= 0.3 is 5.97 Å². The van der Waals surface area contributed by atoms with Crippen molar-refractivity contribution in [3.05, 3.63) is 29.6 Å². The molecule has 0 fully saturated rings. The normalized spacial score (nSPS) is 15.1.